The fourth-order valence-electron chi connectivity index (χ4n) is 2.98. The summed E-state index contributed by atoms with van der Waals surface area (Å²) in [5.41, 5.74) is 4.49. The number of carbonyl (C=O) groups excluding carboxylic acids is 1. The molecule has 0 fully saturated rings. The van der Waals surface area contributed by atoms with Gasteiger partial charge in [0.25, 0.3) is 5.91 Å². The zero-order valence-corrected chi connectivity index (χ0v) is 14.4. The van der Waals surface area contributed by atoms with Crippen molar-refractivity contribution in [1.82, 2.24) is 19.7 Å². The molecule has 4 aromatic rings. The number of nitrogens with zero attached hydrogens (tertiary/aromatic N) is 3. The van der Waals surface area contributed by atoms with Gasteiger partial charge < -0.3 is 10.3 Å². The summed E-state index contributed by atoms with van der Waals surface area (Å²) in [7, 11) is 1.75. The lowest BCUT2D eigenvalue weighted by atomic mass is 10.1. The van der Waals surface area contributed by atoms with E-state index in [2.05, 4.69) is 26.4 Å². The molecule has 0 spiro atoms. The van der Waals surface area contributed by atoms with Crippen LogP contribution < -0.4 is 5.32 Å². The Balaban J connectivity index is 1.44. The summed E-state index contributed by atoms with van der Waals surface area (Å²) < 4.78 is 1.56. The Morgan fingerprint density at radius 1 is 1.12 bits per heavy atom. The van der Waals surface area contributed by atoms with Crippen molar-refractivity contribution in [2.75, 3.05) is 5.32 Å². The Morgan fingerprint density at radius 2 is 2.00 bits per heavy atom. The Morgan fingerprint density at radius 3 is 2.81 bits per heavy atom. The van der Waals surface area contributed by atoms with Crippen LogP contribution in [0.1, 0.15) is 21.9 Å². The van der Waals surface area contributed by atoms with Crippen LogP contribution in [0.5, 0.6) is 0 Å². The number of carbonyl (C=O) groups is 1. The summed E-state index contributed by atoms with van der Waals surface area (Å²) in [6, 6.07) is 17.6. The number of imidazole rings is 1. The summed E-state index contributed by atoms with van der Waals surface area (Å²) >= 11 is 0. The van der Waals surface area contributed by atoms with Crippen molar-refractivity contribution in [2.45, 2.75) is 12.8 Å². The van der Waals surface area contributed by atoms with Gasteiger partial charge in [0.15, 0.2) is 0 Å². The fourth-order valence-corrected chi connectivity index (χ4v) is 2.98. The van der Waals surface area contributed by atoms with Crippen LogP contribution in [0.2, 0.25) is 0 Å². The maximum atomic E-state index is 12.3. The second-order valence-electron chi connectivity index (χ2n) is 6.20. The van der Waals surface area contributed by atoms with Gasteiger partial charge in [-0.2, -0.15) is 5.10 Å². The minimum absolute atomic E-state index is 0.167. The van der Waals surface area contributed by atoms with E-state index in [1.807, 2.05) is 42.5 Å². The van der Waals surface area contributed by atoms with Gasteiger partial charge in [-0.25, -0.2) is 4.98 Å². The topological polar surface area (TPSA) is 75.6 Å². The van der Waals surface area contributed by atoms with Gasteiger partial charge in [0.2, 0.25) is 0 Å². The largest absolute Gasteiger partial charge is 0.342 e. The number of amides is 1. The molecule has 0 bridgehead atoms. The molecule has 130 valence electrons. The zero-order chi connectivity index (χ0) is 17.9. The number of aromatic amines is 1. The highest BCUT2D eigenvalue weighted by molar-refractivity contribution is 6.03. The number of para-hydroxylation sites is 2. The minimum Gasteiger partial charge on any atom is -0.342 e. The average Bonchev–Trinajstić information content (AvgIpc) is 3.26. The number of H-pyrrole nitrogens is 1. The van der Waals surface area contributed by atoms with Crippen molar-refractivity contribution in [3.8, 4) is 0 Å². The van der Waals surface area contributed by atoms with E-state index >= 15 is 0 Å². The first-order chi connectivity index (χ1) is 12.7. The highest BCUT2D eigenvalue weighted by Crippen LogP contribution is 2.15. The zero-order valence-electron chi connectivity index (χ0n) is 14.4. The van der Waals surface area contributed by atoms with Crippen molar-refractivity contribution in [3.63, 3.8) is 0 Å². The number of nitrogens with one attached hydrogen (secondary N) is 2. The van der Waals surface area contributed by atoms with Crippen LogP contribution in [0.3, 0.4) is 0 Å². The highest BCUT2D eigenvalue weighted by Gasteiger charge is 2.10. The predicted octanol–water partition coefficient (Wildman–Crippen LogP) is 3.33. The molecule has 0 unspecified atom stereocenters. The number of rotatable bonds is 5. The Bertz CT molecular complexity index is 1030. The van der Waals surface area contributed by atoms with Crippen molar-refractivity contribution in [3.05, 3.63) is 77.9 Å². The first kappa shape index (κ1) is 16.1. The van der Waals surface area contributed by atoms with Gasteiger partial charge in [0.05, 0.1) is 11.0 Å². The lowest BCUT2D eigenvalue weighted by Gasteiger charge is -2.07. The number of aromatic nitrogens is 4. The molecular weight excluding hydrogens is 326 g/mol. The van der Waals surface area contributed by atoms with Gasteiger partial charge in [0.1, 0.15) is 11.5 Å². The Labute approximate surface area is 150 Å². The summed E-state index contributed by atoms with van der Waals surface area (Å²) in [5.74, 6) is 0.801. The van der Waals surface area contributed by atoms with Crippen LogP contribution in [-0.2, 0) is 19.9 Å². The number of fused-ring (bicyclic) bond motifs is 1. The number of aryl methyl sites for hydroxylation is 3. The number of hydrogen-bond donors (Lipinski definition) is 2. The van der Waals surface area contributed by atoms with Crippen molar-refractivity contribution >= 4 is 22.6 Å². The maximum absolute atomic E-state index is 12.3. The Hall–Kier alpha value is -3.41. The van der Waals surface area contributed by atoms with Crippen molar-refractivity contribution in [1.29, 1.82) is 0 Å². The fraction of sp³-hybridized carbons (Fsp3) is 0.150. The molecule has 0 aliphatic rings. The van der Waals surface area contributed by atoms with Crippen LogP contribution in [-0.4, -0.2) is 25.7 Å². The maximum Gasteiger partial charge on any atom is 0.273 e. The third-order valence-corrected chi connectivity index (χ3v) is 4.33. The van der Waals surface area contributed by atoms with E-state index in [1.54, 1.807) is 24.0 Å². The summed E-state index contributed by atoms with van der Waals surface area (Å²) in [5, 5.41) is 6.95. The van der Waals surface area contributed by atoms with E-state index in [4.69, 9.17) is 0 Å². The van der Waals surface area contributed by atoms with Gasteiger partial charge in [0, 0.05) is 25.4 Å². The summed E-state index contributed by atoms with van der Waals surface area (Å²) in [6.07, 6.45) is 3.27. The van der Waals surface area contributed by atoms with E-state index in [-0.39, 0.29) is 5.91 Å². The van der Waals surface area contributed by atoms with Crippen molar-refractivity contribution in [2.24, 2.45) is 7.05 Å². The molecule has 2 heterocycles. The smallest absolute Gasteiger partial charge is 0.273 e. The van der Waals surface area contributed by atoms with E-state index in [9.17, 15) is 4.79 Å². The third-order valence-electron chi connectivity index (χ3n) is 4.33. The number of benzene rings is 2. The highest BCUT2D eigenvalue weighted by atomic mass is 16.2. The minimum atomic E-state index is -0.167. The molecule has 1 amide bonds. The molecule has 2 aromatic heterocycles. The molecule has 0 saturated carbocycles. The van der Waals surface area contributed by atoms with E-state index in [1.165, 1.54) is 0 Å². The molecular formula is C20H19N5O. The van der Waals surface area contributed by atoms with Gasteiger partial charge in [-0.05, 0) is 42.3 Å². The van der Waals surface area contributed by atoms with Gasteiger partial charge >= 0.3 is 0 Å². The lowest BCUT2D eigenvalue weighted by Crippen LogP contribution is -2.16. The lowest BCUT2D eigenvalue weighted by molar-refractivity contribution is 0.101. The molecule has 0 aliphatic heterocycles. The molecule has 2 N–H and O–H groups in total. The first-order valence-electron chi connectivity index (χ1n) is 8.51. The summed E-state index contributed by atoms with van der Waals surface area (Å²) in [6.45, 7) is 0. The third kappa shape index (κ3) is 3.35. The van der Waals surface area contributed by atoms with Crippen LogP contribution in [0, 0.1) is 0 Å². The predicted molar refractivity (Wildman–Crippen MR) is 101 cm³/mol. The van der Waals surface area contributed by atoms with Crippen LogP contribution >= 0.6 is 0 Å². The second-order valence-corrected chi connectivity index (χ2v) is 6.20. The van der Waals surface area contributed by atoms with Crippen LogP contribution in [0.25, 0.3) is 11.0 Å². The molecule has 2 aromatic carbocycles. The normalized spacial score (nSPS) is 11.0. The first-order valence-corrected chi connectivity index (χ1v) is 8.51. The van der Waals surface area contributed by atoms with E-state index in [0.29, 0.717) is 5.69 Å². The summed E-state index contributed by atoms with van der Waals surface area (Å²) in [4.78, 5) is 20.3. The molecule has 6 heteroatoms. The quantitative estimate of drug-likeness (QED) is 0.582. The molecule has 4 rings (SSSR count). The van der Waals surface area contributed by atoms with Crippen molar-refractivity contribution < 1.29 is 4.79 Å². The molecule has 0 atom stereocenters. The standard InChI is InChI=1S/C20H19N5O/c1-25-18(11-12-21-25)20(26)22-15-6-4-5-14(13-15)9-10-19-23-16-7-2-3-8-17(16)24-19/h2-8,11-13H,9-10H2,1H3,(H,22,26)(H,23,24). The van der Waals surface area contributed by atoms with Gasteiger partial charge in [-0.1, -0.05) is 24.3 Å². The molecule has 6 nitrogen and oxygen atoms in total. The number of anilines is 1. The van der Waals surface area contributed by atoms with Crippen LogP contribution in [0.15, 0.2) is 60.8 Å². The molecule has 0 radical (unpaired) electrons. The SMILES string of the molecule is Cn1nccc1C(=O)Nc1cccc(CCc2nc3ccccc3[nH]2)c1. The van der Waals surface area contributed by atoms with E-state index < -0.39 is 0 Å². The molecule has 0 aliphatic carbocycles. The monoisotopic (exact) mass is 345 g/mol. The second kappa shape index (κ2) is 6.84. The van der Waals surface area contributed by atoms with E-state index in [0.717, 1.165) is 41.0 Å². The molecule has 26 heavy (non-hydrogen) atoms. The van der Waals surface area contributed by atoms with Gasteiger partial charge in [-0.3, -0.25) is 9.48 Å². The average molecular weight is 345 g/mol. The number of hydrogen-bond acceptors (Lipinski definition) is 3. The Kier molecular flexibility index (Phi) is 4.23. The van der Waals surface area contributed by atoms with Crippen LogP contribution in [0.4, 0.5) is 5.69 Å². The molecule has 0 saturated heterocycles. The van der Waals surface area contributed by atoms with Gasteiger partial charge in [-0.15, -0.1) is 0 Å².